The third-order valence-electron chi connectivity index (χ3n) is 10.3. The monoisotopic (exact) mass is 546 g/mol. The van der Waals surface area contributed by atoms with Crippen molar-refractivity contribution in [3.63, 3.8) is 0 Å². The molecule has 0 aromatic rings. The summed E-state index contributed by atoms with van der Waals surface area (Å²) in [5, 5.41) is 24.2. The fourth-order valence-electron chi connectivity index (χ4n) is 7.94. The Hall–Kier alpha value is -2.03. The van der Waals surface area contributed by atoms with E-state index in [1.165, 1.54) is 13.8 Å². The Balaban J connectivity index is 1.74. The number of carbonyl (C=O) groups is 3. The maximum absolute atomic E-state index is 12.2. The van der Waals surface area contributed by atoms with Crippen LogP contribution in [0.15, 0.2) is 23.8 Å². The predicted octanol–water partition coefficient (Wildman–Crippen LogP) is 4.41. The number of hydrogen-bond donors (Lipinski definition) is 2. The van der Waals surface area contributed by atoms with Gasteiger partial charge in [0.05, 0.1) is 0 Å². The molecule has 0 radical (unpaired) electrons. The van der Waals surface area contributed by atoms with Gasteiger partial charge in [-0.1, -0.05) is 39.3 Å². The van der Waals surface area contributed by atoms with Crippen LogP contribution in [-0.4, -0.2) is 57.1 Å². The Morgan fingerprint density at radius 2 is 1.77 bits per heavy atom. The average molecular weight is 547 g/mol. The van der Waals surface area contributed by atoms with Crippen molar-refractivity contribution in [1.82, 2.24) is 0 Å². The minimum absolute atomic E-state index is 0.0341. The Morgan fingerprint density at radius 3 is 2.38 bits per heavy atom. The summed E-state index contributed by atoms with van der Waals surface area (Å²) in [5.41, 5.74) is -2.21. The minimum Gasteiger partial charge on any atom is -0.462 e. The topological polar surface area (TPSA) is 119 Å². The molecule has 1 saturated heterocycles. The van der Waals surface area contributed by atoms with Gasteiger partial charge >= 0.3 is 11.9 Å². The predicted molar refractivity (Wildman–Crippen MR) is 144 cm³/mol. The van der Waals surface area contributed by atoms with Gasteiger partial charge in [0.15, 0.2) is 11.6 Å². The molecule has 8 heteroatoms. The van der Waals surface area contributed by atoms with E-state index in [4.69, 9.17) is 14.2 Å². The van der Waals surface area contributed by atoms with E-state index in [1.807, 2.05) is 13.0 Å². The van der Waals surface area contributed by atoms with Gasteiger partial charge in [0, 0.05) is 31.6 Å². The molecule has 2 N–H and O–H groups in total. The van der Waals surface area contributed by atoms with Crippen LogP contribution in [0.3, 0.4) is 0 Å². The van der Waals surface area contributed by atoms with Crippen molar-refractivity contribution in [3.05, 3.63) is 23.8 Å². The van der Waals surface area contributed by atoms with Crippen LogP contribution in [0.4, 0.5) is 0 Å². The molecule has 4 rings (SSSR count). The Labute approximate surface area is 232 Å². The van der Waals surface area contributed by atoms with Gasteiger partial charge in [-0.3, -0.25) is 14.4 Å². The van der Waals surface area contributed by atoms with Gasteiger partial charge in [-0.15, -0.1) is 0 Å². The summed E-state index contributed by atoms with van der Waals surface area (Å²) in [7, 11) is 0. The number of hydrogen-bond acceptors (Lipinski definition) is 8. The van der Waals surface area contributed by atoms with E-state index in [-0.39, 0.29) is 24.0 Å². The van der Waals surface area contributed by atoms with Crippen LogP contribution in [0.2, 0.25) is 0 Å². The Morgan fingerprint density at radius 1 is 1.08 bits per heavy atom. The summed E-state index contributed by atoms with van der Waals surface area (Å²) in [4.78, 5) is 36.4. The molecule has 0 amide bonds. The first-order valence-corrected chi connectivity index (χ1v) is 14.5. The second-order valence-corrected chi connectivity index (χ2v) is 13.2. The molecular formula is C31H46O8. The molecule has 218 valence electrons. The maximum atomic E-state index is 12.2. The highest BCUT2D eigenvalue weighted by Gasteiger charge is 2.71. The van der Waals surface area contributed by atoms with Crippen molar-refractivity contribution >= 4 is 17.7 Å². The molecule has 0 bridgehead atoms. The number of carbonyl (C=O) groups excluding carboxylic acids is 3. The lowest BCUT2D eigenvalue weighted by Gasteiger charge is -2.62. The Kier molecular flexibility index (Phi) is 8.00. The van der Waals surface area contributed by atoms with Crippen LogP contribution < -0.4 is 0 Å². The second-order valence-electron chi connectivity index (χ2n) is 13.2. The smallest absolute Gasteiger partial charge is 0.303 e. The molecule has 39 heavy (non-hydrogen) atoms. The SMILES string of the molecule is CC(=O)OC(CCC(C)C)C(C)[C@]1(O)CC[C@@]2(O1)[C@@H]1CCC3=CC(=O)C=C[C@]3(C)[C@H]1C[C@H](OC(C)=O)[C@]2(C)O. The summed E-state index contributed by atoms with van der Waals surface area (Å²) in [6.45, 7) is 12.5. The normalized spacial score (nSPS) is 41.0. The number of ketones is 1. The van der Waals surface area contributed by atoms with Crippen LogP contribution >= 0.6 is 0 Å². The van der Waals surface area contributed by atoms with Crippen molar-refractivity contribution < 1.29 is 38.8 Å². The quantitative estimate of drug-likeness (QED) is 0.451. The van der Waals surface area contributed by atoms with Gasteiger partial charge in [-0.05, 0) is 75.4 Å². The summed E-state index contributed by atoms with van der Waals surface area (Å²) in [6.07, 6.45) is 7.60. The van der Waals surface area contributed by atoms with Gasteiger partial charge in [0.1, 0.15) is 23.4 Å². The second kappa shape index (κ2) is 10.4. The van der Waals surface area contributed by atoms with Crippen molar-refractivity contribution in [1.29, 1.82) is 0 Å². The van der Waals surface area contributed by atoms with E-state index in [9.17, 15) is 24.6 Å². The zero-order valence-electron chi connectivity index (χ0n) is 24.5. The van der Waals surface area contributed by atoms with Gasteiger partial charge in [0.25, 0.3) is 0 Å². The highest BCUT2D eigenvalue weighted by Crippen LogP contribution is 2.65. The largest absolute Gasteiger partial charge is 0.462 e. The van der Waals surface area contributed by atoms with Crippen molar-refractivity contribution in [2.45, 2.75) is 123 Å². The molecule has 0 aromatic heterocycles. The molecule has 1 aliphatic heterocycles. The first-order valence-electron chi connectivity index (χ1n) is 14.5. The van der Waals surface area contributed by atoms with Crippen LogP contribution in [0.1, 0.15) is 93.4 Å². The van der Waals surface area contributed by atoms with E-state index in [1.54, 1.807) is 19.1 Å². The Bertz CT molecular complexity index is 1060. The molecule has 3 aliphatic carbocycles. The lowest BCUT2D eigenvalue weighted by atomic mass is 9.47. The van der Waals surface area contributed by atoms with E-state index >= 15 is 0 Å². The van der Waals surface area contributed by atoms with Crippen LogP contribution in [0.5, 0.6) is 0 Å². The zero-order chi connectivity index (χ0) is 29.0. The van der Waals surface area contributed by atoms with Gasteiger partial charge in [0.2, 0.25) is 0 Å². The first-order chi connectivity index (χ1) is 18.1. The zero-order valence-corrected chi connectivity index (χ0v) is 24.5. The molecule has 2 unspecified atom stereocenters. The van der Waals surface area contributed by atoms with E-state index in [2.05, 4.69) is 20.8 Å². The standard InChI is InChI=1S/C31H46O8/c1-18(2)8-11-26(37-20(4)32)19(3)31(36)15-14-30(39-31)24-10-9-22-16-23(34)12-13-28(22,6)25(24)17-27(29(30,7)35)38-21(5)33/h12-13,16,18-19,24-27,35-36H,8-11,14-15,17H2,1-7H3/t19?,24-,25+,26?,27+,28+,29+,30-,31+/m1/s1. The van der Waals surface area contributed by atoms with Gasteiger partial charge < -0.3 is 24.4 Å². The minimum atomic E-state index is -1.65. The molecule has 2 saturated carbocycles. The number of rotatable bonds is 7. The number of ether oxygens (including phenoxy) is 3. The fraction of sp³-hybridized carbons (Fsp3) is 0.774. The highest BCUT2D eigenvalue weighted by molar-refractivity contribution is 6.01. The molecule has 0 aromatic carbocycles. The van der Waals surface area contributed by atoms with Gasteiger partial charge in [-0.2, -0.15) is 0 Å². The summed E-state index contributed by atoms with van der Waals surface area (Å²) in [6, 6.07) is 0. The van der Waals surface area contributed by atoms with E-state index < -0.39 is 52.5 Å². The molecule has 8 nitrogen and oxygen atoms in total. The van der Waals surface area contributed by atoms with Crippen molar-refractivity contribution in [2.75, 3.05) is 0 Å². The molecule has 3 fully saturated rings. The average Bonchev–Trinajstić information content (AvgIpc) is 3.20. The van der Waals surface area contributed by atoms with E-state index in [0.717, 1.165) is 12.0 Å². The van der Waals surface area contributed by atoms with Gasteiger partial charge in [-0.25, -0.2) is 0 Å². The van der Waals surface area contributed by atoms with Crippen molar-refractivity contribution in [3.8, 4) is 0 Å². The fourth-order valence-corrected chi connectivity index (χ4v) is 7.94. The lowest BCUT2D eigenvalue weighted by Crippen LogP contribution is -2.71. The number of fused-ring (bicyclic) bond motifs is 4. The molecular weight excluding hydrogens is 500 g/mol. The molecule has 1 spiro atoms. The lowest BCUT2D eigenvalue weighted by molar-refractivity contribution is -0.340. The number of esters is 2. The third kappa shape index (κ3) is 5.13. The third-order valence-corrected chi connectivity index (χ3v) is 10.3. The van der Waals surface area contributed by atoms with Crippen LogP contribution in [0, 0.1) is 29.1 Å². The molecule has 9 atom stereocenters. The van der Waals surface area contributed by atoms with E-state index in [0.29, 0.717) is 38.0 Å². The summed E-state index contributed by atoms with van der Waals surface area (Å²) >= 11 is 0. The highest BCUT2D eigenvalue weighted by atomic mass is 16.7. The number of aliphatic hydroxyl groups is 2. The first kappa shape index (κ1) is 29.9. The van der Waals surface area contributed by atoms with Crippen LogP contribution in [-0.2, 0) is 28.6 Å². The van der Waals surface area contributed by atoms with Crippen LogP contribution in [0.25, 0.3) is 0 Å². The summed E-state index contributed by atoms with van der Waals surface area (Å²) in [5.74, 6) is -3.00. The molecule has 1 heterocycles. The number of allylic oxidation sites excluding steroid dienone is 4. The molecule has 4 aliphatic rings. The maximum Gasteiger partial charge on any atom is 0.303 e. The van der Waals surface area contributed by atoms with Crippen molar-refractivity contribution in [2.24, 2.45) is 29.1 Å². The summed E-state index contributed by atoms with van der Waals surface area (Å²) < 4.78 is 18.2.